The molecule has 1 unspecified atom stereocenters. The molecular formula is C23H26N2O4. The molecule has 152 valence electrons. The maximum atomic E-state index is 13.1. The molecule has 1 heterocycles. The first-order valence-electron chi connectivity index (χ1n) is 9.98. The smallest absolute Gasteiger partial charge is 0.257 e. The zero-order chi connectivity index (χ0) is 20.8. The van der Waals surface area contributed by atoms with E-state index in [-0.39, 0.29) is 24.1 Å². The molecule has 6 nitrogen and oxygen atoms in total. The molecule has 1 fully saturated rings. The number of ether oxygens (including phenoxy) is 1. The summed E-state index contributed by atoms with van der Waals surface area (Å²) in [7, 11) is 0. The monoisotopic (exact) mass is 394 g/mol. The SMILES string of the molecule is CCCC(=O)N(Cc1ccccc1)C1CC(=O)N(c2ccc(OCC)cc2)C1=O. The van der Waals surface area contributed by atoms with Crippen LogP contribution < -0.4 is 9.64 Å². The summed E-state index contributed by atoms with van der Waals surface area (Å²) in [5.74, 6) is -0.0992. The highest BCUT2D eigenvalue weighted by Gasteiger charge is 2.44. The molecule has 1 aliphatic heterocycles. The van der Waals surface area contributed by atoms with Crippen molar-refractivity contribution in [1.82, 2.24) is 4.90 Å². The van der Waals surface area contributed by atoms with Crippen LogP contribution in [0.15, 0.2) is 54.6 Å². The van der Waals surface area contributed by atoms with Crippen LogP contribution in [-0.2, 0) is 20.9 Å². The normalized spacial score (nSPS) is 16.2. The van der Waals surface area contributed by atoms with Crippen LogP contribution in [0.4, 0.5) is 5.69 Å². The van der Waals surface area contributed by atoms with Gasteiger partial charge in [0.2, 0.25) is 11.8 Å². The second-order valence-corrected chi connectivity index (χ2v) is 6.97. The maximum Gasteiger partial charge on any atom is 0.257 e. The number of nitrogens with zero attached hydrogens (tertiary/aromatic N) is 2. The molecular weight excluding hydrogens is 368 g/mol. The molecule has 6 heteroatoms. The van der Waals surface area contributed by atoms with Crippen molar-refractivity contribution in [3.05, 3.63) is 60.2 Å². The van der Waals surface area contributed by atoms with Crippen molar-refractivity contribution in [2.75, 3.05) is 11.5 Å². The third-order valence-electron chi connectivity index (χ3n) is 4.88. The third-order valence-corrected chi connectivity index (χ3v) is 4.88. The minimum Gasteiger partial charge on any atom is -0.494 e. The highest BCUT2D eigenvalue weighted by molar-refractivity contribution is 6.23. The highest BCUT2D eigenvalue weighted by Crippen LogP contribution is 2.28. The van der Waals surface area contributed by atoms with E-state index in [4.69, 9.17) is 4.74 Å². The molecule has 1 aliphatic rings. The van der Waals surface area contributed by atoms with Gasteiger partial charge in [-0.25, -0.2) is 4.90 Å². The Labute approximate surface area is 171 Å². The molecule has 0 bridgehead atoms. The van der Waals surface area contributed by atoms with Crippen molar-refractivity contribution in [3.8, 4) is 5.75 Å². The first-order valence-corrected chi connectivity index (χ1v) is 9.98. The van der Waals surface area contributed by atoms with Crippen LogP contribution in [0.1, 0.15) is 38.7 Å². The van der Waals surface area contributed by atoms with E-state index in [9.17, 15) is 14.4 Å². The molecule has 29 heavy (non-hydrogen) atoms. The van der Waals surface area contributed by atoms with Crippen LogP contribution >= 0.6 is 0 Å². The molecule has 0 radical (unpaired) electrons. The molecule has 1 atom stereocenters. The Balaban J connectivity index is 1.84. The van der Waals surface area contributed by atoms with Gasteiger partial charge in [0.25, 0.3) is 5.91 Å². The fourth-order valence-electron chi connectivity index (χ4n) is 3.50. The number of hydrogen-bond donors (Lipinski definition) is 0. The average Bonchev–Trinajstić information content (AvgIpc) is 3.02. The van der Waals surface area contributed by atoms with Gasteiger partial charge in [-0.15, -0.1) is 0 Å². The third kappa shape index (κ3) is 4.65. The number of imide groups is 1. The molecule has 0 saturated carbocycles. The van der Waals surface area contributed by atoms with Crippen LogP contribution in [0.5, 0.6) is 5.75 Å². The van der Waals surface area contributed by atoms with Gasteiger partial charge in [-0.3, -0.25) is 14.4 Å². The fourth-order valence-corrected chi connectivity index (χ4v) is 3.50. The van der Waals surface area contributed by atoms with Gasteiger partial charge >= 0.3 is 0 Å². The largest absolute Gasteiger partial charge is 0.494 e. The van der Waals surface area contributed by atoms with Crippen molar-refractivity contribution in [2.45, 2.75) is 45.7 Å². The molecule has 3 amide bonds. The molecule has 0 aliphatic carbocycles. The van der Waals surface area contributed by atoms with E-state index in [0.717, 1.165) is 5.56 Å². The topological polar surface area (TPSA) is 66.9 Å². The number of carbonyl (C=O) groups is 3. The summed E-state index contributed by atoms with van der Waals surface area (Å²) in [6.45, 7) is 4.66. The Hall–Kier alpha value is -3.15. The van der Waals surface area contributed by atoms with Crippen LogP contribution in [0.25, 0.3) is 0 Å². The minimum absolute atomic E-state index is 0.00562. The molecule has 1 saturated heterocycles. The summed E-state index contributed by atoms with van der Waals surface area (Å²) in [6, 6.07) is 15.6. The summed E-state index contributed by atoms with van der Waals surface area (Å²) in [5, 5.41) is 0. The lowest BCUT2D eigenvalue weighted by Gasteiger charge is -2.28. The van der Waals surface area contributed by atoms with E-state index in [1.54, 1.807) is 29.2 Å². The maximum absolute atomic E-state index is 13.1. The number of hydrogen-bond acceptors (Lipinski definition) is 4. The van der Waals surface area contributed by atoms with Gasteiger partial charge in [-0.2, -0.15) is 0 Å². The van der Waals surface area contributed by atoms with Crippen LogP contribution in [-0.4, -0.2) is 35.3 Å². The Morgan fingerprint density at radius 1 is 1.07 bits per heavy atom. The van der Waals surface area contributed by atoms with E-state index in [2.05, 4.69) is 0 Å². The quantitative estimate of drug-likeness (QED) is 0.642. The first kappa shape index (κ1) is 20.6. The van der Waals surface area contributed by atoms with E-state index in [1.807, 2.05) is 44.2 Å². The molecule has 2 aromatic rings. The summed E-state index contributed by atoms with van der Waals surface area (Å²) in [6.07, 6.45) is 1.02. The number of benzene rings is 2. The number of carbonyl (C=O) groups excluding carboxylic acids is 3. The summed E-state index contributed by atoms with van der Waals surface area (Å²) < 4.78 is 5.42. The summed E-state index contributed by atoms with van der Waals surface area (Å²) in [5.41, 5.74) is 1.42. The van der Waals surface area contributed by atoms with E-state index in [0.29, 0.717) is 37.4 Å². The summed E-state index contributed by atoms with van der Waals surface area (Å²) in [4.78, 5) is 41.3. The van der Waals surface area contributed by atoms with Gasteiger partial charge < -0.3 is 9.64 Å². The first-order chi connectivity index (χ1) is 14.0. The van der Waals surface area contributed by atoms with E-state index < -0.39 is 6.04 Å². The van der Waals surface area contributed by atoms with Gasteiger partial charge in [0.15, 0.2) is 0 Å². The zero-order valence-corrected chi connectivity index (χ0v) is 16.8. The Kier molecular flexibility index (Phi) is 6.65. The number of amides is 3. The lowest BCUT2D eigenvalue weighted by Crippen LogP contribution is -2.45. The molecule has 0 spiro atoms. The zero-order valence-electron chi connectivity index (χ0n) is 16.8. The summed E-state index contributed by atoms with van der Waals surface area (Å²) >= 11 is 0. The standard InChI is InChI=1S/C23H26N2O4/c1-3-8-21(26)24(16-17-9-6-5-7-10-17)20-15-22(27)25(23(20)28)18-11-13-19(14-12-18)29-4-2/h5-7,9-14,20H,3-4,8,15-16H2,1-2H3. The number of rotatable bonds is 8. The van der Waals surface area contributed by atoms with Gasteiger partial charge in [-0.1, -0.05) is 37.3 Å². The van der Waals surface area contributed by atoms with Gasteiger partial charge in [0.1, 0.15) is 11.8 Å². The molecule has 0 aromatic heterocycles. The predicted octanol–water partition coefficient (Wildman–Crippen LogP) is 3.55. The van der Waals surface area contributed by atoms with Crippen molar-refractivity contribution < 1.29 is 19.1 Å². The lowest BCUT2D eigenvalue weighted by molar-refractivity contribution is -0.139. The second kappa shape index (κ2) is 9.37. The van der Waals surface area contributed by atoms with Gasteiger partial charge in [0.05, 0.1) is 18.7 Å². The van der Waals surface area contributed by atoms with Gasteiger partial charge in [-0.05, 0) is 43.2 Å². The van der Waals surface area contributed by atoms with Crippen molar-refractivity contribution in [1.29, 1.82) is 0 Å². The van der Waals surface area contributed by atoms with Crippen LogP contribution in [0.2, 0.25) is 0 Å². The predicted molar refractivity (Wildman–Crippen MR) is 110 cm³/mol. The van der Waals surface area contributed by atoms with E-state index >= 15 is 0 Å². The fraction of sp³-hybridized carbons (Fsp3) is 0.348. The highest BCUT2D eigenvalue weighted by atomic mass is 16.5. The van der Waals surface area contributed by atoms with Crippen LogP contribution in [0.3, 0.4) is 0 Å². The van der Waals surface area contributed by atoms with Crippen LogP contribution in [0, 0.1) is 0 Å². The Morgan fingerprint density at radius 2 is 1.76 bits per heavy atom. The average molecular weight is 394 g/mol. The Bertz CT molecular complexity index is 864. The van der Waals surface area contributed by atoms with E-state index in [1.165, 1.54) is 4.90 Å². The number of anilines is 1. The Morgan fingerprint density at radius 3 is 2.38 bits per heavy atom. The molecule has 0 N–H and O–H groups in total. The molecule has 2 aromatic carbocycles. The van der Waals surface area contributed by atoms with Gasteiger partial charge in [0, 0.05) is 13.0 Å². The van der Waals surface area contributed by atoms with Crippen molar-refractivity contribution in [2.24, 2.45) is 0 Å². The second-order valence-electron chi connectivity index (χ2n) is 6.97. The van der Waals surface area contributed by atoms with Crippen molar-refractivity contribution >= 4 is 23.4 Å². The minimum atomic E-state index is -0.784. The molecule has 3 rings (SSSR count). The lowest BCUT2D eigenvalue weighted by atomic mass is 10.1. The van der Waals surface area contributed by atoms with Crippen molar-refractivity contribution in [3.63, 3.8) is 0 Å².